The molecule has 1 spiro atoms. The van der Waals surface area contributed by atoms with Crippen LogP contribution in [0.5, 0.6) is 0 Å². The quantitative estimate of drug-likeness (QED) is 0.774. The van der Waals surface area contributed by atoms with Crippen LogP contribution < -0.4 is 0 Å². The molecule has 0 atom stereocenters. The molecular formula is C13H25NO. The maximum atomic E-state index is 9.24. The molecule has 1 aliphatic carbocycles. The Balaban J connectivity index is 1.77. The molecule has 0 amide bonds. The van der Waals surface area contributed by atoms with Crippen LogP contribution in [-0.2, 0) is 0 Å². The lowest BCUT2D eigenvalue weighted by atomic mass is 9.68. The van der Waals surface area contributed by atoms with E-state index in [1.807, 2.05) is 0 Å². The van der Waals surface area contributed by atoms with Crippen LogP contribution >= 0.6 is 0 Å². The van der Waals surface area contributed by atoms with E-state index >= 15 is 0 Å². The Morgan fingerprint density at radius 1 is 1.13 bits per heavy atom. The van der Waals surface area contributed by atoms with E-state index in [2.05, 4.69) is 18.7 Å². The number of aliphatic hydroxyl groups excluding tert-OH is 1. The molecule has 0 unspecified atom stereocenters. The van der Waals surface area contributed by atoms with Gasteiger partial charge in [0.05, 0.1) is 0 Å². The van der Waals surface area contributed by atoms with Crippen molar-refractivity contribution in [3.63, 3.8) is 0 Å². The van der Waals surface area contributed by atoms with Gasteiger partial charge in [0.15, 0.2) is 0 Å². The lowest BCUT2D eigenvalue weighted by molar-refractivity contribution is -0.0534. The summed E-state index contributed by atoms with van der Waals surface area (Å²) in [5.74, 6) is 0. The Kier molecular flexibility index (Phi) is 3.09. The summed E-state index contributed by atoms with van der Waals surface area (Å²) in [6.07, 6.45) is 7.23. The number of likely N-dealkylation sites (tertiary alicyclic amines) is 1. The van der Waals surface area contributed by atoms with Crippen LogP contribution in [0.3, 0.4) is 0 Å². The third-order valence-corrected chi connectivity index (χ3v) is 4.11. The van der Waals surface area contributed by atoms with Crippen LogP contribution in [0.4, 0.5) is 0 Å². The average Bonchev–Trinajstić information content (AvgIpc) is 2.17. The van der Waals surface area contributed by atoms with Crippen molar-refractivity contribution < 1.29 is 5.11 Å². The minimum Gasteiger partial charge on any atom is -0.396 e. The summed E-state index contributed by atoms with van der Waals surface area (Å²) in [6.45, 7) is 8.24. The summed E-state index contributed by atoms with van der Waals surface area (Å²) in [4.78, 5) is 2.53. The smallest absolute Gasteiger partial charge is 0.0494 e. The molecule has 1 saturated carbocycles. The first-order valence-corrected chi connectivity index (χ1v) is 6.39. The van der Waals surface area contributed by atoms with Crippen molar-refractivity contribution >= 4 is 0 Å². The molecule has 0 aromatic rings. The monoisotopic (exact) mass is 211 g/mol. The van der Waals surface area contributed by atoms with Crippen molar-refractivity contribution in [3.8, 4) is 0 Å². The predicted molar refractivity (Wildman–Crippen MR) is 62.8 cm³/mol. The molecule has 0 radical (unpaired) electrons. The second-order valence-corrected chi connectivity index (χ2v) is 6.53. The van der Waals surface area contributed by atoms with E-state index in [0.29, 0.717) is 12.0 Å². The van der Waals surface area contributed by atoms with Crippen LogP contribution in [0.15, 0.2) is 0 Å². The van der Waals surface area contributed by atoms with Gasteiger partial charge in [-0.3, -0.25) is 0 Å². The van der Waals surface area contributed by atoms with Gasteiger partial charge < -0.3 is 10.0 Å². The van der Waals surface area contributed by atoms with Crippen LogP contribution in [-0.4, -0.2) is 36.2 Å². The Hall–Kier alpha value is -0.0800. The predicted octanol–water partition coefficient (Wildman–Crippen LogP) is 2.27. The van der Waals surface area contributed by atoms with Gasteiger partial charge >= 0.3 is 0 Å². The third-order valence-electron chi connectivity index (χ3n) is 4.11. The SMILES string of the molecule is CC(C)(CO)CN1CC2(CCCCC2)C1. The van der Waals surface area contributed by atoms with Gasteiger partial charge in [-0.2, -0.15) is 0 Å². The van der Waals surface area contributed by atoms with Gasteiger partial charge in [0.2, 0.25) is 0 Å². The van der Waals surface area contributed by atoms with Gasteiger partial charge in [0, 0.05) is 31.7 Å². The van der Waals surface area contributed by atoms with E-state index in [4.69, 9.17) is 0 Å². The Labute approximate surface area is 93.7 Å². The first-order chi connectivity index (χ1) is 7.05. The normalized spacial score (nSPS) is 26.6. The molecule has 2 nitrogen and oxygen atoms in total. The molecule has 2 rings (SSSR count). The van der Waals surface area contributed by atoms with Gasteiger partial charge in [-0.1, -0.05) is 33.1 Å². The number of aliphatic hydroxyl groups is 1. The molecule has 0 bridgehead atoms. The van der Waals surface area contributed by atoms with Gasteiger partial charge in [-0.25, -0.2) is 0 Å². The molecule has 1 saturated heterocycles. The maximum Gasteiger partial charge on any atom is 0.0494 e. The van der Waals surface area contributed by atoms with E-state index in [-0.39, 0.29) is 5.41 Å². The summed E-state index contributed by atoms with van der Waals surface area (Å²) in [5.41, 5.74) is 0.764. The van der Waals surface area contributed by atoms with Gasteiger partial charge in [0.1, 0.15) is 0 Å². The lowest BCUT2D eigenvalue weighted by Crippen LogP contribution is -2.59. The minimum atomic E-state index is 0.0796. The maximum absolute atomic E-state index is 9.24. The van der Waals surface area contributed by atoms with Crippen molar-refractivity contribution in [2.75, 3.05) is 26.2 Å². The van der Waals surface area contributed by atoms with Crippen molar-refractivity contribution in [1.82, 2.24) is 4.90 Å². The number of nitrogens with zero attached hydrogens (tertiary/aromatic N) is 1. The number of hydrogen-bond acceptors (Lipinski definition) is 2. The van der Waals surface area contributed by atoms with E-state index in [1.54, 1.807) is 0 Å². The topological polar surface area (TPSA) is 23.5 Å². The van der Waals surface area contributed by atoms with E-state index in [9.17, 15) is 5.11 Å². The van der Waals surface area contributed by atoms with E-state index < -0.39 is 0 Å². The van der Waals surface area contributed by atoms with E-state index in [0.717, 1.165) is 6.54 Å². The molecule has 88 valence electrons. The zero-order chi connectivity index (χ0) is 10.9. The Morgan fingerprint density at radius 3 is 2.27 bits per heavy atom. The molecular weight excluding hydrogens is 186 g/mol. The molecule has 2 aliphatic rings. The highest BCUT2D eigenvalue weighted by atomic mass is 16.3. The molecule has 2 heteroatoms. The van der Waals surface area contributed by atoms with Crippen LogP contribution in [0, 0.1) is 10.8 Å². The number of rotatable bonds is 3. The molecule has 0 aromatic heterocycles. The van der Waals surface area contributed by atoms with Crippen LogP contribution in [0.2, 0.25) is 0 Å². The lowest BCUT2D eigenvalue weighted by Gasteiger charge is -2.54. The fourth-order valence-corrected chi connectivity index (χ4v) is 3.29. The van der Waals surface area contributed by atoms with Crippen molar-refractivity contribution in [1.29, 1.82) is 0 Å². The van der Waals surface area contributed by atoms with Gasteiger partial charge in [-0.15, -0.1) is 0 Å². The van der Waals surface area contributed by atoms with Gasteiger partial charge in [-0.05, 0) is 18.3 Å². The van der Waals surface area contributed by atoms with Crippen LogP contribution in [0.25, 0.3) is 0 Å². The largest absolute Gasteiger partial charge is 0.396 e. The highest BCUT2D eigenvalue weighted by Gasteiger charge is 2.44. The molecule has 1 aliphatic heterocycles. The zero-order valence-electron chi connectivity index (χ0n) is 10.3. The summed E-state index contributed by atoms with van der Waals surface area (Å²) < 4.78 is 0. The first-order valence-electron chi connectivity index (χ1n) is 6.39. The number of hydrogen-bond donors (Lipinski definition) is 1. The van der Waals surface area contributed by atoms with Crippen molar-refractivity contribution in [2.45, 2.75) is 46.0 Å². The Bertz CT molecular complexity index is 211. The second-order valence-electron chi connectivity index (χ2n) is 6.53. The molecule has 15 heavy (non-hydrogen) atoms. The van der Waals surface area contributed by atoms with Crippen molar-refractivity contribution in [3.05, 3.63) is 0 Å². The summed E-state index contributed by atoms with van der Waals surface area (Å²) in [5, 5.41) is 9.24. The summed E-state index contributed by atoms with van der Waals surface area (Å²) >= 11 is 0. The van der Waals surface area contributed by atoms with Gasteiger partial charge in [0.25, 0.3) is 0 Å². The average molecular weight is 211 g/mol. The highest BCUT2D eigenvalue weighted by Crippen LogP contribution is 2.44. The summed E-state index contributed by atoms with van der Waals surface area (Å²) in [7, 11) is 0. The van der Waals surface area contributed by atoms with Crippen LogP contribution in [0.1, 0.15) is 46.0 Å². The molecule has 2 fully saturated rings. The zero-order valence-corrected chi connectivity index (χ0v) is 10.3. The molecule has 1 heterocycles. The standard InChI is InChI=1S/C13H25NO/c1-12(2,11-15)8-14-9-13(10-14)6-4-3-5-7-13/h15H,3-11H2,1-2H3. The van der Waals surface area contributed by atoms with Crippen molar-refractivity contribution in [2.24, 2.45) is 10.8 Å². The second kappa shape index (κ2) is 4.06. The summed E-state index contributed by atoms with van der Waals surface area (Å²) in [6, 6.07) is 0. The van der Waals surface area contributed by atoms with E-state index in [1.165, 1.54) is 45.2 Å². The molecule has 1 N–H and O–H groups in total. The molecule has 0 aromatic carbocycles. The fourth-order valence-electron chi connectivity index (χ4n) is 3.29. The first kappa shape index (κ1) is 11.4. The highest BCUT2D eigenvalue weighted by molar-refractivity contribution is 4.97. The fraction of sp³-hybridized carbons (Fsp3) is 1.00. The minimum absolute atomic E-state index is 0.0796. The third kappa shape index (κ3) is 2.54. The Morgan fingerprint density at radius 2 is 1.73 bits per heavy atom.